The average Bonchev–Trinajstić information content (AvgIpc) is 2.90. The van der Waals surface area contributed by atoms with Gasteiger partial charge in [-0.05, 0) is 35.1 Å². The van der Waals surface area contributed by atoms with E-state index in [-0.39, 0.29) is 17.9 Å². The molecule has 2 N–H and O–H groups in total. The molecule has 0 aliphatic rings. The molecule has 0 amide bonds. The van der Waals surface area contributed by atoms with E-state index in [1.54, 1.807) is 11.6 Å². The molecule has 2 aromatic carbocycles. The van der Waals surface area contributed by atoms with Crippen LogP contribution in [-0.4, -0.2) is 22.4 Å². The predicted molar refractivity (Wildman–Crippen MR) is 105 cm³/mol. The fourth-order valence-corrected chi connectivity index (χ4v) is 3.10. The molecule has 0 saturated carbocycles. The van der Waals surface area contributed by atoms with Crippen LogP contribution in [0, 0.1) is 0 Å². The standard InChI is InChI=1S/C21H25N3O2/c1-5-26-18(25)13-24-17-8-6-7-16(19(17)20(22)23-24)14-9-11-15(12-10-14)21(2,3)4/h6-12H,5,13H2,1-4H3,(H2,22,23). The summed E-state index contributed by atoms with van der Waals surface area (Å²) in [6.07, 6.45) is 0. The Hall–Kier alpha value is -2.82. The molecule has 3 rings (SSSR count). The number of benzene rings is 2. The van der Waals surface area contributed by atoms with Gasteiger partial charge in [-0.15, -0.1) is 0 Å². The Labute approximate surface area is 153 Å². The first-order chi connectivity index (χ1) is 12.3. The molecular weight excluding hydrogens is 326 g/mol. The van der Waals surface area contributed by atoms with E-state index in [1.165, 1.54) is 5.56 Å². The van der Waals surface area contributed by atoms with Crippen LogP contribution < -0.4 is 5.73 Å². The van der Waals surface area contributed by atoms with E-state index >= 15 is 0 Å². The van der Waals surface area contributed by atoms with Gasteiger partial charge in [0.25, 0.3) is 0 Å². The van der Waals surface area contributed by atoms with Gasteiger partial charge >= 0.3 is 5.97 Å². The number of rotatable bonds is 4. The minimum absolute atomic E-state index is 0.0496. The third-order valence-corrected chi connectivity index (χ3v) is 4.45. The molecule has 136 valence electrons. The summed E-state index contributed by atoms with van der Waals surface area (Å²) in [6.45, 7) is 8.76. The number of aromatic nitrogens is 2. The van der Waals surface area contributed by atoms with E-state index in [1.807, 2.05) is 18.2 Å². The Bertz CT molecular complexity index is 934. The van der Waals surface area contributed by atoms with Crippen molar-refractivity contribution in [1.82, 2.24) is 9.78 Å². The second-order valence-electron chi connectivity index (χ2n) is 7.37. The number of nitrogen functional groups attached to an aromatic ring is 1. The van der Waals surface area contributed by atoms with Crippen LogP contribution in [-0.2, 0) is 21.5 Å². The average molecular weight is 351 g/mol. The topological polar surface area (TPSA) is 70.1 Å². The molecule has 26 heavy (non-hydrogen) atoms. The van der Waals surface area contributed by atoms with Gasteiger partial charge in [-0.25, -0.2) is 0 Å². The highest BCUT2D eigenvalue weighted by molar-refractivity contribution is 6.02. The highest BCUT2D eigenvalue weighted by Gasteiger charge is 2.17. The summed E-state index contributed by atoms with van der Waals surface area (Å²) in [5.74, 6) is 0.0941. The number of carbonyl (C=O) groups excluding carboxylic acids is 1. The van der Waals surface area contributed by atoms with Crippen molar-refractivity contribution in [3.63, 3.8) is 0 Å². The summed E-state index contributed by atoms with van der Waals surface area (Å²) in [5.41, 5.74) is 10.5. The van der Waals surface area contributed by atoms with Gasteiger partial charge in [-0.3, -0.25) is 9.48 Å². The van der Waals surface area contributed by atoms with Crippen LogP contribution in [0.15, 0.2) is 42.5 Å². The summed E-state index contributed by atoms with van der Waals surface area (Å²) < 4.78 is 6.63. The Morgan fingerprint density at radius 1 is 1.15 bits per heavy atom. The lowest BCUT2D eigenvalue weighted by molar-refractivity contribution is -0.143. The molecule has 0 aliphatic heterocycles. The van der Waals surface area contributed by atoms with Crippen molar-refractivity contribution in [2.75, 3.05) is 12.3 Å². The number of nitrogens with zero attached hydrogens (tertiary/aromatic N) is 2. The first-order valence-electron chi connectivity index (χ1n) is 8.83. The lowest BCUT2D eigenvalue weighted by atomic mass is 9.86. The maximum absolute atomic E-state index is 11.8. The summed E-state index contributed by atoms with van der Waals surface area (Å²) in [6, 6.07) is 14.4. The molecule has 0 radical (unpaired) electrons. The maximum atomic E-state index is 11.8. The van der Waals surface area contributed by atoms with Crippen molar-refractivity contribution in [3.05, 3.63) is 48.0 Å². The molecule has 5 heteroatoms. The fraction of sp³-hybridized carbons (Fsp3) is 0.333. The van der Waals surface area contributed by atoms with Crippen LogP contribution in [0.4, 0.5) is 5.82 Å². The highest BCUT2D eigenvalue weighted by atomic mass is 16.5. The predicted octanol–water partition coefficient (Wildman–Crippen LogP) is 4.15. The van der Waals surface area contributed by atoms with Gasteiger partial charge in [0.15, 0.2) is 5.82 Å². The molecule has 3 aromatic rings. The molecule has 1 aromatic heterocycles. The lowest BCUT2D eigenvalue weighted by Gasteiger charge is -2.19. The number of carbonyl (C=O) groups is 1. The number of anilines is 1. The lowest BCUT2D eigenvalue weighted by Crippen LogP contribution is -2.14. The smallest absolute Gasteiger partial charge is 0.327 e. The molecule has 0 atom stereocenters. The van der Waals surface area contributed by atoms with Crippen molar-refractivity contribution < 1.29 is 9.53 Å². The molecule has 0 bridgehead atoms. The first kappa shape index (κ1) is 18.0. The number of ether oxygens (including phenoxy) is 1. The van der Waals surface area contributed by atoms with Gasteiger partial charge < -0.3 is 10.5 Å². The van der Waals surface area contributed by atoms with Crippen LogP contribution in [0.5, 0.6) is 0 Å². The fourth-order valence-electron chi connectivity index (χ4n) is 3.10. The van der Waals surface area contributed by atoms with Crippen LogP contribution >= 0.6 is 0 Å². The number of hydrogen-bond donors (Lipinski definition) is 1. The molecule has 5 nitrogen and oxygen atoms in total. The summed E-state index contributed by atoms with van der Waals surface area (Å²) in [5, 5.41) is 5.21. The summed E-state index contributed by atoms with van der Waals surface area (Å²) >= 11 is 0. The molecule has 1 heterocycles. The number of esters is 1. The monoisotopic (exact) mass is 351 g/mol. The normalized spacial score (nSPS) is 11.7. The van der Waals surface area contributed by atoms with E-state index in [4.69, 9.17) is 10.5 Å². The Balaban J connectivity index is 2.05. The highest BCUT2D eigenvalue weighted by Crippen LogP contribution is 2.33. The quantitative estimate of drug-likeness (QED) is 0.717. The van der Waals surface area contributed by atoms with Crippen molar-refractivity contribution in [2.24, 2.45) is 0 Å². The zero-order valence-corrected chi connectivity index (χ0v) is 15.7. The largest absolute Gasteiger partial charge is 0.465 e. The molecule has 0 fully saturated rings. The molecular formula is C21H25N3O2. The van der Waals surface area contributed by atoms with Crippen LogP contribution in [0.3, 0.4) is 0 Å². The van der Waals surface area contributed by atoms with E-state index in [2.05, 4.69) is 50.1 Å². The summed E-state index contributed by atoms with van der Waals surface area (Å²) in [4.78, 5) is 11.8. The van der Waals surface area contributed by atoms with Crippen molar-refractivity contribution in [1.29, 1.82) is 0 Å². The van der Waals surface area contributed by atoms with Gasteiger partial charge in [0, 0.05) is 0 Å². The minimum atomic E-state index is -0.322. The Morgan fingerprint density at radius 3 is 2.46 bits per heavy atom. The van der Waals surface area contributed by atoms with Gasteiger partial charge in [0.2, 0.25) is 0 Å². The van der Waals surface area contributed by atoms with Gasteiger partial charge in [0.05, 0.1) is 17.5 Å². The van der Waals surface area contributed by atoms with E-state index < -0.39 is 0 Å². The van der Waals surface area contributed by atoms with E-state index in [9.17, 15) is 4.79 Å². The van der Waals surface area contributed by atoms with Crippen molar-refractivity contribution >= 4 is 22.7 Å². The minimum Gasteiger partial charge on any atom is -0.465 e. The Morgan fingerprint density at radius 2 is 1.85 bits per heavy atom. The van der Waals surface area contributed by atoms with Gasteiger partial charge in [-0.2, -0.15) is 5.10 Å². The third-order valence-electron chi connectivity index (χ3n) is 4.45. The SMILES string of the molecule is CCOC(=O)Cn1nc(N)c2c(-c3ccc(C(C)(C)C)cc3)cccc21. The van der Waals surface area contributed by atoms with Crippen molar-refractivity contribution in [2.45, 2.75) is 39.7 Å². The molecule has 0 spiro atoms. The van der Waals surface area contributed by atoms with Gasteiger partial charge in [-0.1, -0.05) is 57.2 Å². The van der Waals surface area contributed by atoms with E-state index in [0.29, 0.717) is 12.4 Å². The second-order valence-corrected chi connectivity index (χ2v) is 7.37. The second kappa shape index (κ2) is 6.83. The molecule has 0 unspecified atom stereocenters. The first-order valence-corrected chi connectivity index (χ1v) is 8.83. The van der Waals surface area contributed by atoms with Crippen LogP contribution in [0.25, 0.3) is 22.0 Å². The number of nitrogens with two attached hydrogens (primary N) is 1. The molecule has 0 saturated heterocycles. The van der Waals surface area contributed by atoms with Crippen LogP contribution in [0.1, 0.15) is 33.3 Å². The summed E-state index contributed by atoms with van der Waals surface area (Å²) in [7, 11) is 0. The zero-order chi connectivity index (χ0) is 18.9. The number of fused-ring (bicyclic) bond motifs is 1. The Kier molecular flexibility index (Phi) is 4.72. The third kappa shape index (κ3) is 3.43. The van der Waals surface area contributed by atoms with Crippen molar-refractivity contribution in [3.8, 4) is 11.1 Å². The number of hydrogen-bond acceptors (Lipinski definition) is 4. The van der Waals surface area contributed by atoms with Crippen LogP contribution in [0.2, 0.25) is 0 Å². The maximum Gasteiger partial charge on any atom is 0.327 e. The van der Waals surface area contributed by atoms with E-state index in [0.717, 1.165) is 22.0 Å². The molecule has 0 aliphatic carbocycles. The van der Waals surface area contributed by atoms with Gasteiger partial charge in [0.1, 0.15) is 6.54 Å². The zero-order valence-electron chi connectivity index (χ0n) is 15.7.